The molecule has 7 heteroatoms. The summed E-state index contributed by atoms with van der Waals surface area (Å²) >= 11 is 1.40. The molecule has 1 fully saturated rings. The van der Waals surface area contributed by atoms with Crippen LogP contribution in [0.1, 0.15) is 22.5 Å². The van der Waals surface area contributed by atoms with Crippen LogP contribution in [-0.4, -0.2) is 39.1 Å². The number of nitrogens with one attached hydrogen (secondary N) is 1. The minimum absolute atomic E-state index is 0.0660. The molecule has 0 radical (unpaired) electrons. The minimum atomic E-state index is -0.415. The number of anilines is 1. The van der Waals surface area contributed by atoms with Crippen LogP contribution in [-0.2, 0) is 11.8 Å². The summed E-state index contributed by atoms with van der Waals surface area (Å²) in [6.07, 6.45) is 3.30. The lowest BCUT2D eigenvalue weighted by Gasteiger charge is -2.23. The highest BCUT2D eigenvalue weighted by Gasteiger charge is 2.35. The maximum Gasteiger partial charge on any atom is 0.264 e. The third-order valence-corrected chi connectivity index (χ3v) is 4.37. The predicted molar refractivity (Wildman–Crippen MR) is 80.2 cm³/mol. The average Bonchev–Trinajstić information content (AvgIpc) is 3.19. The molecule has 1 unspecified atom stereocenters. The van der Waals surface area contributed by atoms with Gasteiger partial charge in [-0.2, -0.15) is 5.10 Å². The van der Waals surface area contributed by atoms with Gasteiger partial charge in [-0.15, -0.1) is 11.3 Å². The Morgan fingerprint density at radius 2 is 2.29 bits per heavy atom. The first kappa shape index (κ1) is 13.8. The van der Waals surface area contributed by atoms with Gasteiger partial charge in [0.2, 0.25) is 5.91 Å². The summed E-state index contributed by atoms with van der Waals surface area (Å²) in [6.45, 7) is 0.622. The largest absolute Gasteiger partial charge is 0.326 e. The van der Waals surface area contributed by atoms with Crippen molar-refractivity contribution < 1.29 is 9.59 Å². The van der Waals surface area contributed by atoms with Crippen molar-refractivity contribution in [2.45, 2.75) is 18.9 Å². The van der Waals surface area contributed by atoms with Crippen LogP contribution >= 0.6 is 11.3 Å². The van der Waals surface area contributed by atoms with E-state index in [9.17, 15) is 9.59 Å². The first-order valence-corrected chi connectivity index (χ1v) is 7.68. The second-order valence-electron chi connectivity index (χ2n) is 5.00. The molecule has 2 aromatic rings. The zero-order chi connectivity index (χ0) is 14.8. The summed E-state index contributed by atoms with van der Waals surface area (Å²) in [7, 11) is 1.79. The van der Waals surface area contributed by atoms with Crippen LogP contribution in [0, 0.1) is 0 Å². The summed E-state index contributed by atoms with van der Waals surface area (Å²) < 4.78 is 1.62. The van der Waals surface area contributed by atoms with Crippen LogP contribution < -0.4 is 5.32 Å². The van der Waals surface area contributed by atoms with Gasteiger partial charge in [0.15, 0.2) is 5.82 Å². The van der Waals surface area contributed by atoms with Gasteiger partial charge in [-0.05, 0) is 24.3 Å². The van der Waals surface area contributed by atoms with Gasteiger partial charge >= 0.3 is 0 Å². The molecule has 1 aliphatic heterocycles. The van der Waals surface area contributed by atoms with Gasteiger partial charge in [0, 0.05) is 25.9 Å². The number of aryl methyl sites for hydroxylation is 1. The Kier molecular flexibility index (Phi) is 3.74. The quantitative estimate of drug-likeness (QED) is 0.939. The van der Waals surface area contributed by atoms with E-state index in [1.807, 2.05) is 11.4 Å². The maximum atomic E-state index is 12.4. The zero-order valence-corrected chi connectivity index (χ0v) is 12.5. The molecular formula is C14H16N4O2S. The molecule has 3 rings (SSSR count). The van der Waals surface area contributed by atoms with Crippen molar-refractivity contribution >= 4 is 29.0 Å². The first-order valence-electron chi connectivity index (χ1n) is 6.80. The van der Waals surface area contributed by atoms with Crippen LogP contribution in [0.25, 0.3) is 0 Å². The van der Waals surface area contributed by atoms with Crippen LogP contribution in [0.4, 0.5) is 5.82 Å². The summed E-state index contributed by atoms with van der Waals surface area (Å²) in [4.78, 5) is 27.1. The van der Waals surface area contributed by atoms with Gasteiger partial charge in [0.05, 0.1) is 4.88 Å². The van der Waals surface area contributed by atoms with E-state index in [1.165, 1.54) is 11.3 Å². The molecule has 6 nitrogen and oxygen atoms in total. The summed E-state index contributed by atoms with van der Waals surface area (Å²) in [5.41, 5.74) is 0. The van der Waals surface area contributed by atoms with E-state index in [1.54, 1.807) is 35.0 Å². The van der Waals surface area contributed by atoms with Crippen LogP contribution in [0.3, 0.4) is 0 Å². The lowest BCUT2D eigenvalue weighted by molar-refractivity contribution is -0.119. The maximum absolute atomic E-state index is 12.4. The Morgan fingerprint density at radius 1 is 1.43 bits per heavy atom. The van der Waals surface area contributed by atoms with Crippen LogP contribution in [0.5, 0.6) is 0 Å². The van der Waals surface area contributed by atoms with E-state index in [0.717, 1.165) is 6.42 Å². The van der Waals surface area contributed by atoms with Crippen molar-refractivity contribution in [3.63, 3.8) is 0 Å². The van der Waals surface area contributed by atoms with Crippen LogP contribution in [0.15, 0.2) is 29.8 Å². The van der Waals surface area contributed by atoms with Crippen molar-refractivity contribution in [1.82, 2.24) is 14.7 Å². The number of hydrogen-bond acceptors (Lipinski definition) is 4. The Labute approximate surface area is 126 Å². The summed E-state index contributed by atoms with van der Waals surface area (Å²) in [5.74, 6) is 0.276. The number of nitrogens with zero attached hydrogens (tertiary/aromatic N) is 3. The third-order valence-electron chi connectivity index (χ3n) is 3.51. The second kappa shape index (κ2) is 5.69. The molecule has 1 saturated heterocycles. The highest BCUT2D eigenvalue weighted by molar-refractivity contribution is 7.12. The van der Waals surface area contributed by atoms with Gasteiger partial charge in [-0.3, -0.25) is 14.3 Å². The fourth-order valence-electron chi connectivity index (χ4n) is 2.52. The molecule has 0 aromatic carbocycles. The lowest BCUT2D eigenvalue weighted by atomic mass is 10.2. The fraction of sp³-hybridized carbons (Fsp3) is 0.357. The van der Waals surface area contributed by atoms with Gasteiger partial charge < -0.3 is 10.2 Å². The van der Waals surface area contributed by atoms with Crippen molar-refractivity contribution in [2.24, 2.45) is 7.05 Å². The number of aromatic nitrogens is 2. The Bertz CT molecular complexity index is 650. The molecule has 1 aliphatic rings. The van der Waals surface area contributed by atoms with Gasteiger partial charge in [-0.1, -0.05) is 6.07 Å². The molecule has 1 atom stereocenters. The van der Waals surface area contributed by atoms with Crippen molar-refractivity contribution in [3.05, 3.63) is 34.7 Å². The average molecular weight is 304 g/mol. The van der Waals surface area contributed by atoms with E-state index >= 15 is 0 Å². The lowest BCUT2D eigenvalue weighted by Crippen LogP contribution is -2.43. The van der Waals surface area contributed by atoms with Crippen molar-refractivity contribution in [3.8, 4) is 0 Å². The van der Waals surface area contributed by atoms with Crippen molar-refractivity contribution in [2.75, 3.05) is 11.9 Å². The molecule has 0 bridgehead atoms. The zero-order valence-electron chi connectivity index (χ0n) is 11.7. The number of rotatable bonds is 3. The number of hydrogen-bond donors (Lipinski definition) is 1. The molecule has 0 spiro atoms. The Morgan fingerprint density at radius 3 is 2.95 bits per heavy atom. The van der Waals surface area contributed by atoms with Crippen LogP contribution in [0.2, 0.25) is 0 Å². The smallest absolute Gasteiger partial charge is 0.264 e. The molecule has 110 valence electrons. The number of likely N-dealkylation sites (tertiary alicyclic amines) is 1. The van der Waals surface area contributed by atoms with E-state index in [-0.39, 0.29) is 11.8 Å². The number of amides is 2. The monoisotopic (exact) mass is 304 g/mol. The summed E-state index contributed by atoms with van der Waals surface area (Å²) in [6, 6.07) is 4.95. The Hall–Kier alpha value is -2.15. The number of carbonyl (C=O) groups is 2. The van der Waals surface area contributed by atoms with E-state index < -0.39 is 6.04 Å². The molecule has 2 aromatic heterocycles. The minimum Gasteiger partial charge on any atom is -0.326 e. The SMILES string of the molecule is Cn1ccc(NC(=O)C2CCCN2C(=O)c2cccs2)n1. The molecule has 3 heterocycles. The molecule has 0 saturated carbocycles. The molecule has 2 amide bonds. The van der Waals surface area contributed by atoms with E-state index in [2.05, 4.69) is 10.4 Å². The Balaban J connectivity index is 1.71. The van der Waals surface area contributed by atoms with E-state index in [0.29, 0.717) is 23.7 Å². The number of carbonyl (C=O) groups excluding carboxylic acids is 2. The highest BCUT2D eigenvalue weighted by Crippen LogP contribution is 2.23. The standard InChI is InChI=1S/C14H16N4O2S/c1-17-8-6-12(16-17)15-13(19)10-4-2-7-18(10)14(20)11-5-3-9-21-11/h3,5-6,8-10H,2,4,7H2,1H3,(H,15,16,19). The first-order chi connectivity index (χ1) is 10.1. The summed E-state index contributed by atoms with van der Waals surface area (Å²) in [5, 5.41) is 8.77. The van der Waals surface area contributed by atoms with E-state index in [4.69, 9.17) is 0 Å². The second-order valence-corrected chi connectivity index (χ2v) is 5.95. The van der Waals surface area contributed by atoms with Gasteiger partial charge in [0.25, 0.3) is 5.91 Å². The molecular weight excluding hydrogens is 288 g/mol. The normalized spacial score (nSPS) is 18.0. The topological polar surface area (TPSA) is 67.2 Å². The van der Waals surface area contributed by atoms with Crippen molar-refractivity contribution in [1.29, 1.82) is 0 Å². The molecule has 21 heavy (non-hydrogen) atoms. The molecule has 1 N–H and O–H groups in total. The fourth-order valence-corrected chi connectivity index (χ4v) is 3.19. The highest BCUT2D eigenvalue weighted by atomic mass is 32.1. The number of thiophene rings is 1. The van der Waals surface area contributed by atoms with Gasteiger partial charge in [0.1, 0.15) is 6.04 Å². The van der Waals surface area contributed by atoms with Gasteiger partial charge in [-0.25, -0.2) is 0 Å². The predicted octanol–water partition coefficient (Wildman–Crippen LogP) is 1.72. The third kappa shape index (κ3) is 2.82. The molecule has 0 aliphatic carbocycles.